The van der Waals surface area contributed by atoms with Crippen LogP contribution in [0.5, 0.6) is 0 Å². The molecule has 11 heteroatoms. The second kappa shape index (κ2) is 9.55. The Morgan fingerprint density at radius 3 is 2.34 bits per heavy atom. The van der Waals surface area contributed by atoms with E-state index in [9.17, 15) is 33.7 Å². The summed E-state index contributed by atoms with van der Waals surface area (Å²) in [7, 11) is 0. The highest BCUT2D eigenvalue weighted by molar-refractivity contribution is 5.77. The highest BCUT2D eigenvalue weighted by Crippen LogP contribution is 2.40. The van der Waals surface area contributed by atoms with E-state index >= 15 is 0 Å². The lowest BCUT2D eigenvalue weighted by Crippen LogP contribution is -2.68. The van der Waals surface area contributed by atoms with Gasteiger partial charge in [-0.2, -0.15) is 4.39 Å². The molecule has 0 bridgehead atoms. The van der Waals surface area contributed by atoms with Crippen LogP contribution in [0.4, 0.5) is 8.78 Å². The summed E-state index contributed by atoms with van der Waals surface area (Å²) in [6.45, 7) is -1.04. The Bertz CT molecular complexity index is 708. The molecule has 9 nitrogen and oxygen atoms in total. The van der Waals surface area contributed by atoms with Gasteiger partial charge in [0.2, 0.25) is 0 Å². The van der Waals surface area contributed by atoms with E-state index in [2.05, 4.69) is 10.1 Å². The van der Waals surface area contributed by atoms with Crippen molar-refractivity contribution in [3.05, 3.63) is 35.9 Å². The topological polar surface area (TPSA) is 157 Å². The Morgan fingerprint density at radius 1 is 1.21 bits per heavy atom. The molecule has 6 N–H and O–H groups in total. The molecule has 7 atom stereocenters. The maximum atomic E-state index is 14.9. The van der Waals surface area contributed by atoms with E-state index in [-0.39, 0.29) is 6.54 Å². The van der Waals surface area contributed by atoms with Crippen molar-refractivity contribution in [1.82, 2.24) is 5.32 Å². The number of carbonyl (C=O) groups is 2. The van der Waals surface area contributed by atoms with Crippen molar-refractivity contribution in [2.75, 3.05) is 6.61 Å². The molecule has 1 aliphatic heterocycles. The number of benzene rings is 1. The van der Waals surface area contributed by atoms with Crippen molar-refractivity contribution >= 4 is 11.9 Å². The van der Waals surface area contributed by atoms with Crippen LogP contribution in [0.3, 0.4) is 0 Å². The molecular formula is C18H23F2NO8. The van der Waals surface area contributed by atoms with Gasteiger partial charge in [-0.15, -0.1) is 0 Å². The lowest BCUT2D eigenvalue weighted by atomic mass is 9.79. The van der Waals surface area contributed by atoms with Crippen LogP contribution in [0.2, 0.25) is 0 Å². The molecule has 1 saturated heterocycles. The molecule has 1 heterocycles. The fourth-order valence-corrected chi connectivity index (χ4v) is 3.35. The molecule has 1 aromatic carbocycles. The van der Waals surface area contributed by atoms with E-state index in [0.29, 0.717) is 5.56 Å². The van der Waals surface area contributed by atoms with Crippen LogP contribution in [-0.4, -0.2) is 80.5 Å². The summed E-state index contributed by atoms with van der Waals surface area (Å²) in [6.07, 6.45) is -9.51. The van der Waals surface area contributed by atoms with Crippen molar-refractivity contribution in [3.8, 4) is 0 Å². The molecule has 0 saturated carbocycles. The molecule has 1 aromatic rings. The zero-order valence-corrected chi connectivity index (χ0v) is 15.2. The van der Waals surface area contributed by atoms with E-state index in [0.717, 1.165) is 0 Å². The van der Waals surface area contributed by atoms with Gasteiger partial charge in [0, 0.05) is 12.5 Å². The Labute approximate surface area is 164 Å². The largest absolute Gasteiger partial charge is 0.481 e. The number of aliphatic carboxylic acids is 2. The van der Waals surface area contributed by atoms with Crippen LogP contribution in [0.1, 0.15) is 12.0 Å². The van der Waals surface area contributed by atoms with Gasteiger partial charge in [0.25, 0.3) is 0 Å². The molecule has 0 spiro atoms. The second-order valence-electron chi connectivity index (χ2n) is 6.83. The first-order valence-electron chi connectivity index (χ1n) is 8.82. The molecule has 0 aromatic heterocycles. The van der Waals surface area contributed by atoms with Crippen LogP contribution in [-0.2, 0) is 20.9 Å². The molecular weight excluding hydrogens is 396 g/mol. The first kappa shape index (κ1) is 23.1. The predicted octanol–water partition coefficient (Wildman–Crippen LogP) is -0.563. The third-order valence-corrected chi connectivity index (χ3v) is 4.87. The number of rotatable bonds is 9. The van der Waals surface area contributed by atoms with E-state index in [4.69, 9.17) is 10.2 Å². The van der Waals surface area contributed by atoms with Crippen LogP contribution < -0.4 is 5.32 Å². The fourth-order valence-electron chi connectivity index (χ4n) is 3.35. The van der Waals surface area contributed by atoms with Crippen molar-refractivity contribution in [2.45, 2.75) is 49.3 Å². The highest BCUT2D eigenvalue weighted by Gasteiger charge is 2.62. The van der Waals surface area contributed by atoms with Gasteiger partial charge in [-0.25, -0.2) is 9.18 Å². The summed E-state index contributed by atoms with van der Waals surface area (Å²) in [5, 5.41) is 49.9. The quantitative estimate of drug-likeness (QED) is 0.309. The van der Waals surface area contributed by atoms with Crippen LogP contribution in [0.15, 0.2) is 30.3 Å². The van der Waals surface area contributed by atoms with E-state index in [1.54, 1.807) is 30.3 Å². The molecule has 2 rings (SSSR count). The average molecular weight is 419 g/mol. The smallest absolute Gasteiger partial charge is 0.372 e. The standard InChI is InChI=1S/C18H23F2NO8/c19-16-13(21-7-9-4-2-1-3-5-9)10(6-12(24)25)15(14(26)11(23)8-22)29-18(16,20)17(27)28/h1-5,10-11,13-16,21-23,26H,6-8H2,(H,24,25)(H,27,28)/t10-,11-,13+,14-,15?,16?,18-/m1/s1. The summed E-state index contributed by atoms with van der Waals surface area (Å²) in [5.74, 6) is -9.09. The van der Waals surface area contributed by atoms with Gasteiger partial charge in [-0.1, -0.05) is 30.3 Å². The number of hydrogen-bond acceptors (Lipinski definition) is 7. The molecule has 29 heavy (non-hydrogen) atoms. The first-order chi connectivity index (χ1) is 13.6. The Hall–Kier alpha value is -2.18. The number of alkyl halides is 2. The highest BCUT2D eigenvalue weighted by atomic mass is 19.2. The normalized spacial score (nSPS) is 31.8. The van der Waals surface area contributed by atoms with Gasteiger partial charge in [0.1, 0.15) is 12.2 Å². The molecule has 2 unspecified atom stereocenters. The first-order valence-corrected chi connectivity index (χ1v) is 8.82. The maximum Gasteiger partial charge on any atom is 0.372 e. The van der Waals surface area contributed by atoms with Gasteiger partial charge >= 0.3 is 17.8 Å². The lowest BCUT2D eigenvalue weighted by molar-refractivity contribution is -0.287. The number of ether oxygens (including phenoxy) is 1. The van der Waals surface area contributed by atoms with Crippen molar-refractivity contribution < 1.29 is 48.6 Å². The second-order valence-corrected chi connectivity index (χ2v) is 6.83. The number of nitrogens with one attached hydrogen (secondary N) is 1. The maximum absolute atomic E-state index is 14.9. The van der Waals surface area contributed by atoms with E-state index in [1.165, 1.54) is 0 Å². The lowest BCUT2D eigenvalue weighted by Gasteiger charge is -2.47. The SMILES string of the molecule is O=C(O)C[C@H]1C([C@H](O)[C@H](O)CO)O[C@@](F)(C(=O)O)C(F)[C@H]1NCc1ccccc1. The minimum atomic E-state index is -3.90. The number of aliphatic hydroxyl groups is 3. The Kier molecular flexibility index (Phi) is 7.60. The summed E-state index contributed by atoms with van der Waals surface area (Å²) in [4.78, 5) is 22.7. The van der Waals surface area contributed by atoms with Crippen molar-refractivity contribution in [3.63, 3.8) is 0 Å². The molecule has 1 aliphatic rings. The van der Waals surface area contributed by atoms with Crippen molar-refractivity contribution in [2.24, 2.45) is 5.92 Å². The average Bonchev–Trinajstić information content (AvgIpc) is 2.69. The third-order valence-electron chi connectivity index (χ3n) is 4.87. The molecule has 0 aliphatic carbocycles. The van der Waals surface area contributed by atoms with Gasteiger partial charge in [-0.05, 0) is 5.56 Å². The summed E-state index contributed by atoms with van der Waals surface area (Å²) < 4.78 is 34.5. The minimum Gasteiger partial charge on any atom is -0.481 e. The number of carboxylic acid groups (broad SMARTS) is 2. The van der Waals surface area contributed by atoms with Crippen LogP contribution in [0, 0.1) is 5.92 Å². The summed E-state index contributed by atoms with van der Waals surface area (Å²) in [6, 6.07) is 6.73. The molecule has 0 radical (unpaired) electrons. The number of halogens is 2. The molecule has 162 valence electrons. The summed E-state index contributed by atoms with van der Waals surface area (Å²) in [5.41, 5.74) is 0.632. The van der Waals surface area contributed by atoms with Crippen molar-refractivity contribution in [1.29, 1.82) is 0 Å². The Morgan fingerprint density at radius 2 is 1.83 bits per heavy atom. The number of carboxylic acids is 2. The number of hydrogen-bond donors (Lipinski definition) is 6. The zero-order valence-electron chi connectivity index (χ0n) is 15.2. The fraction of sp³-hybridized carbons (Fsp3) is 0.556. The molecule has 0 amide bonds. The predicted molar refractivity (Wildman–Crippen MR) is 93.2 cm³/mol. The summed E-state index contributed by atoms with van der Waals surface area (Å²) >= 11 is 0. The zero-order chi connectivity index (χ0) is 21.8. The van der Waals surface area contributed by atoms with Crippen LogP contribution in [0.25, 0.3) is 0 Å². The minimum absolute atomic E-state index is 0.0525. The number of aliphatic hydroxyl groups excluding tert-OH is 3. The van der Waals surface area contributed by atoms with E-state index < -0.39 is 67.3 Å². The molecule has 1 fully saturated rings. The van der Waals surface area contributed by atoms with Crippen LogP contribution >= 0.6 is 0 Å². The van der Waals surface area contributed by atoms with Gasteiger partial charge in [0.05, 0.1) is 25.2 Å². The van der Waals surface area contributed by atoms with Gasteiger partial charge < -0.3 is 35.6 Å². The third kappa shape index (κ3) is 5.06. The van der Waals surface area contributed by atoms with Gasteiger partial charge in [0.15, 0.2) is 6.17 Å². The Balaban J connectivity index is 2.41. The van der Waals surface area contributed by atoms with Gasteiger partial charge in [-0.3, -0.25) is 4.79 Å². The van der Waals surface area contributed by atoms with E-state index in [1.807, 2.05) is 0 Å². The monoisotopic (exact) mass is 419 g/mol.